The van der Waals surface area contributed by atoms with Crippen molar-refractivity contribution in [1.82, 2.24) is 9.55 Å². The molecule has 2 rings (SSSR count). The standard InChI is InChI=1S/C12H13N3O/c1-8-5-10(16)6-9(2)15(8)12-3-4-14-7-11(12)13/h3-7H,13H2,1-2H3. The van der Waals surface area contributed by atoms with Crippen molar-refractivity contribution in [2.24, 2.45) is 0 Å². The lowest BCUT2D eigenvalue weighted by Gasteiger charge is -2.15. The van der Waals surface area contributed by atoms with Gasteiger partial charge in [0.2, 0.25) is 0 Å². The van der Waals surface area contributed by atoms with Crippen LogP contribution >= 0.6 is 0 Å². The number of nitrogens with zero attached hydrogens (tertiary/aromatic N) is 2. The van der Waals surface area contributed by atoms with E-state index in [1.807, 2.05) is 24.5 Å². The van der Waals surface area contributed by atoms with Gasteiger partial charge in [-0.1, -0.05) is 0 Å². The summed E-state index contributed by atoms with van der Waals surface area (Å²) in [5.74, 6) is 0. The maximum absolute atomic E-state index is 11.3. The molecule has 0 aliphatic rings. The average molecular weight is 215 g/mol. The predicted octanol–water partition coefficient (Wildman–Crippen LogP) is 1.43. The zero-order valence-corrected chi connectivity index (χ0v) is 9.27. The Morgan fingerprint density at radius 1 is 1.25 bits per heavy atom. The highest BCUT2D eigenvalue weighted by atomic mass is 16.1. The van der Waals surface area contributed by atoms with Gasteiger partial charge >= 0.3 is 0 Å². The summed E-state index contributed by atoms with van der Waals surface area (Å²) >= 11 is 0. The van der Waals surface area contributed by atoms with Crippen LogP contribution in [0.3, 0.4) is 0 Å². The number of aromatic nitrogens is 2. The molecule has 0 spiro atoms. The Morgan fingerprint density at radius 2 is 1.88 bits per heavy atom. The molecule has 0 aliphatic carbocycles. The van der Waals surface area contributed by atoms with Gasteiger partial charge in [-0.15, -0.1) is 0 Å². The summed E-state index contributed by atoms with van der Waals surface area (Å²) in [6.45, 7) is 3.77. The smallest absolute Gasteiger partial charge is 0.182 e. The van der Waals surface area contributed by atoms with E-state index in [-0.39, 0.29) is 5.43 Å². The van der Waals surface area contributed by atoms with Crippen molar-refractivity contribution in [3.63, 3.8) is 0 Å². The third-order valence-electron chi connectivity index (χ3n) is 2.48. The number of nitrogens with two attached hydrogens (primary N) is 1. The predicted molar refractivity (Wildman–Crippen MR) is 63.7 cm³/mol. The van der Waals surface area contributed by atoms with Crippen LogP contribution in [0.5, 0.6) is 0 Å². The second kappa shape index (κ2) is 3.81. The molecule has 4 nitrogen and oxygen atoms in total. The first kappa shape index (κ1) is 10.4. The first-order valence-corrected chi connectivity index (χ1v) is 5.00. The van der Waals surface area contributed by atoms with Gasteiger partial charge in [-0.05, 0) is 19.9 Å². The fourth-order valence-electron chi connectivity index (χ4n) is 1.84. The summed E-state index contributed by atoms with van der Waals surface area (Å²) in [5, 5.41) is 0. The molecule has 0 atom stereocenters. The molecule has 2 aromatic heterocycles. The molecule has 0 unspecified atom stereocenters. The van der Waals surface area contributed by atoms with Crippen molar-refractivity contribution in [1.29, 1.82) is 0 Å². The van der Waals surface area contributed by atoms with Crippen LogP contribution < -0.4 is 11.2 Å². The van der Waals surface area contributed by atoms with Crippen molar-refractivity contribution < 1.29 is 0 Å². The van der Waals surface area contributed by atoms with E-state index in [0.29, 0.717) is 5.69 Å². The fraction of sp³-hybridized carbons (Fsp3) is 0.167. The van der Waals surface area contributed by atoms with E-state index in [0.717, 1.165) is 17.1 Å². The van der Waals surface area contributed by atoms with Gasteiger partial charge in [-0.3, -0.25) is 9.78 Å². The zero-order chi connectivity index (χ0) is 11.7. The van der Waals surface area contributed by atoms with E-state index in [1.165, 1.54) is 0 Å². The fourth-order valence-corrected chi connectivity index (χ4v) is 1.84. The summed E-state index contributed by atoms with van der Waals surface area (Å²) in [7, 11) is 0. The van der Waals surface area contributed by atoms with E-state index in [1.54, 1.807) is 24.5 Å². The molecule has 0 saturated heterocycles. The highest BCUT2D eigenvalue weighted by Gasteiger charge is 2.06. The largest absolute Gasteiger partial charge is 0.396 e. The number of pyridine rings is 2. The maximum Gasteiger partial charge on any atom is 0.182 e. The number of rotatable bonds is 1. The molecule has 0 aromatic carbocycles. The SMILES string of the molecule is Cc1cc(=O)cc(C)n1-c1ccncc1N. The Labute approximate surface area is 93.4 Å². The van der Waals surface area contributed by atoms with Crippen LogP contribution in [-0.4, -0.2) is 9.55 Å². The average Bonchev–Trinajstić information content (AvgIpc) is 2.19. The second-order valence-corrected chi connectivity index (χ2v) is 3.74. The maximum atomic E-state index is 11.3. The van der Waals surface area contributed by atoms with Crippen molar-refractivity contribution >= 4 is 5.69 Å². The third kappa shape index (κ3) is 1.69. The van der Waals surface area contributed by atoms with Crippen LogP contribution in [0.2, 0.25) is 0 Å². The molecule has 0 bridgehead atoms. The van der Waals surface area contributed by atoms with Crippen molar-refractivity contribution in [2.45, 2.75) is 13.8 Å². The second-order valence-electron chi connectivity index (χ2n) is 3.74. The highest BCUT2D eigenvalue weighted by molar-refractivity contribution is 5.57. The van der Waals surface area contributed by atoms with Gasteiger partial charge in [-0.25, -0.2) is 0 Å². The van der Waals surface area contributed by atoms with Crippen molar-refractivity contribution in [3.8, 4) is 5.69 Å². The summed E-state index contributed by atoms with van der Waals surface area (Å²) in [4.78, 5) is 15.3. The summed E-state index contributed by atoms with van der Waals surface area (Å²) < 4.78 is 1.94. The molecule has 0 fully saturated rings. The van der Waals surface area contributed by atoms with Crippen LogP contribution in [0.1, 0.15) is 11.4 Å². The number of anilines is 1. The normalized spacial score (nSPS) is 10.4. The molecule has 0 amide bonds. The Hall–Kier alpha value is -2.10. The minimum absolute atomic E-state index is 0.0128. The van der Waals surface area contributed by atoms with Crippen LogP contribution in [-0.2, 0) is 0 Å². The van der Waals surface area contributed by atoms with Gasteiger partial charge in [0.25, 0.3) is 0 Å². The van der Waals surface area contributed by atoms with E-state index >= 15 is 0 Å². The minimum Gasteiger partial charge on any atom is -0.396 e. The Kier molecular flexibility index (Phi) is 2.48. The van der Waals surface area contributed by atoms with Gasteiger partial charge in [0.15, 0.2) is 5.43 Å². The Bertz CT molecular complexity index is 561. The molecular formula is C12H13N3O. The van der Waals surface area contributed by atoms with Gasteiger partial charge < -0.3 is 10.3 Å². The summed E-state index contributed by atoms with van der Waals surface area (Å²) in [6.07, 6.45) is 3.29. The topological polar surface area (TPSA) is 60.9 Å². The molecule has 2 heterocycles. The quantitative estimate of drug-likeness (QED) is 0.782. The Balaban J connectivity index is 2.75. The molecule has 16 heavy (non-hydrogen) atoms. The van der Waals surface area contributed by atoms with Crippen molar-refractivity contribution in [3.05, 3.63) is 52.2 Å². The molecular weight excluding hydrogens is 202 g/mol. The first-order chi connectivity index (χ1) is 7.59. The number of aryl methyl sites for hydroxylation is 2. The van der Waals surface area contributed by atoms with Gasteiger partial charge in [-0.2, -0.15) is 0 Å². The van der Waals surface area contributed by atoms with Crippen LogP contribution in [0, 0.1) is 13.8 Å². The molecule has 2 aromatic rings. The number of nitrogen functional groups attached to an aromatic ring is 1. The lowest BCUT2D eigenvalue weighted by Crippen LogP contribution is -2.12. The summed E-state index contributed by atoms with van der Waals surface area (Å²) in [6, 6.07) is 5.01. The lowest BCUT2D eigenvalue weighted by molar-refractivity contribution is 0.921. The Morgan fingerprint density at radius 3 is 2.44 bits per heavy atom. The van der Waals surface area contributed by atoms with E-state index in [4.69, 9.17) is 5.73 Å². The first-order valence-electron chi connectivity index (χ1n) is 5.00. The highest BCUT2D eigenvalue weighted by Crippen LogP contribution is 2.18. The van der Waals surface area contributed by atoms with E-state index < -0.39 is 0 Å². The zero-order valence-electron chi connectivity index (χ0n) is 9.27. The van der Waals surface area contributed by atoms with Crippen molar-refractivity contribution in [2.75, 3.05) is 5.73 Å². The van der Waals surface area contributed by atoms with Crippen LogP contribution in [0.25, 0.3) is 5.69 Å². The molecule has 0 saturated carbocycles. The van der Waals surface area contributed by atoms with Crippen LogP contribution in [0.15, 0.2) is 35.4 Å². The van der Waals surface area contributed by atoms with Gasteiger partial charge in [0.1, 0.15) is 0 Å². The lowest BCUT2D eigenvalue weighted by atomic mass is 10.2. The molecule has 0 radical (unpaired) electrons. The number of hydrogen-bond acceptors (Lipinski definition) is 3. The molecule has 82 valence electrons. The van der Waals surface area contributed by atoms with Gasteiger partial charge in [0, 0.05) is 29.7 Å². The van der Waals surface area contributed by atoms with Crippen LogP contribution in [0.4, 0.5) is 5.69 Å². The van der Waals surface area contributed by atoms with Gasteiger partial charge in [0.05, 0.1) is 17.6 Å². The third-order valence-corrected chi connectivity index (χ3v) is 2.48. The molecule has 4 heteroatoms. The monoisotopic (exact) mass is 215 g/mol. The number of hydrogen-bond donors (Lipinski definition) is 1. The summed E-state index contributed by atoms with van der Waals surface area (Å²) in [5.41, 5.74) is 9.05. The van der Waals surface area contributed by atoms with E-state index in [2.05, 4.69) is 4.98 Å². The minimum atomic E-state index is 0.0128. The molecule has 2 N–H and O–H groups in total. The molecule has 0 aliphatic heterocycles. The van der Waals surface area contributed by atoms with E-state index in [9.17, 15) is 4.79 Å².